The second-order valence-corrected chi connectivity index (χ2v) is 6.29. The number of rotatable bonds is 4. The third-order valence-corrected chi connectivity index (χ3v) is 4.70. The first-order valence-electron chi connectivity index (χ1n) is 7.55. The van der Waals surface area contributed by atoms with E-state index in [2.05, 4.69) is 24.1 Å². The Kier molecular flexibility index (Phi) is 3.49. The molecule has 0 amide bonds. The highest BCUT2D eigenvalue weighted by atomic mass is 16.5. The zero-order valence-electron chi connectivity index (χ0n) is 12.9. The molecule has 0 radical (unpaired) electrons. The minimum Gasteiger partial charge on any atom is -0.397 e. The number of fused-ring (bicyclic) bond motifs is 1. The molecule has 1 aromatic carbocycles. The maximum absolute atomic E-state index is 6.29. The molecule has 1 aliphatic rings. The van der Waals surface area contributed by atoms with Gasteiger partial charge >= 0.3 is 0 Å². The molecule has 0 spiro atoms. The van der Waals surface area contributed by atoms with E-state index in [1.165, 1.54) is 0 Å². The normalized spacial score (nSPS) is 23.8. The quantitative estimate of drug-likeness (QED) is 0.845. The molecule has 0 bridgehead atoms. The molecule has 1 aliphatic carbocycles. The van der Waals surface area contributed by atoms with Crippen LogP contribution in [0.15, 0.2) is 30.5 Å². The second-order valence-electron chi connectivity index (χ2n) is 6.29. The minimum absolute atomic E-state index is 0.117. The van der Waals surface area contributed by atoms with Crippen LogP contribution >= 0.6 is 0 Å². The summed E-state index contributed by atoms with van der Waals surface area (Å²) in [6, 6.07) is 8.35. The molecule has 1 saturated carbocycles. The third-order valence-electron chi connectivity index (χ3n) is 4.70. The number of anilines is 2. The Labute approximate surface area is 125 Å². The van der Waals surface area contributed by atoms with Gasteiger partial charge in [-0.2, -0.15) is 0 Å². The van der Waals surface area contributed by atoms with Crippen LogP contribution in [0.25, 0.3) is 10.9 Å². The number of ether oxygens (including phenoxy) is 1. The van der Waals surface area contributed by atoms with Crippen molar-refractivity contribution < 1.29 is 4.74 Å². The molecule has 0 saturated heterocycles. The number of nitrogens with zero attached hydrogens (tertiary/aromatic N) is 1. The molecule has 1 aromatic heterocycles. The fourth-order valence-corrected chi connectivity index (χ4v) is 3.10. The van der Waals surface area contributed by atoms with E-state index in [1.54, 1.807) is 6.20 Å². The fraction of sp³-hybridized carbons (Fsp3) is 0.471. The van der Waals surface area contributed by atoms with Gasteiger partial charge in [-0.15, -0.1) is 0 Å². The van der Waals surface area contributed by atoms with Gasteiger partial charge in [0.1, 0.15) is 0 Å². The summed E-state index contributed by atoms with van der Waals surface area (Å²) >= 11 is 0. The maximum atomic E-state index is 6.29. The zero-order valence-corrected chi connectivity index (χ0v) is 12.9. The molecular formula is C17H23N3O. The van der Waals surface area contributed by atoms with Crippen molar-refractivity contribution in [1.82, 2.24) is 4.98 Å². The lowest BCUT2D eigenvalue weighted by molar-refractivity contribution is -0.0975. The third kappa shape index (κ3) is 2.33. The Morgan fingerprint density at radius 1 is 1.38 bits per heavy atom. The fourth-order valence-electron chi connectivity index (χ4n) is 3.10. The van der Waals surface area contributed by atoms with Gasteiger partial charge in [-0.05, 0) is 37.6 Å². The molecule has 4 heteroatoms. The summed E-state index contributed by atoms with van der Waals surface area (Å²) in [6.45, 7) is 7.30. The molecular weight excluding hydrogens is 262 g/mol. The number of hydrogen-bond acceptors (Lipinski definition) is 4. The highest BCUT2D eigenvalue weighted by molar-refractivity contribution is 5.96. The van der Waals surface area contributed by atoms with Crippen LogP contribution in [0, 0.1) is 5.41 Å². The SMILES string of the molecule is CCOC1CC(Nc2ccc3ncccc3c2N)C1(C)C. The molecule has 4 nitrogen and oxygen atoms in total. The van der Waals surface area contributed by atoms with Gasteiger partial charge in [0.25, 0.3) is 0 Å². The van der Waals surface area contributed by atoms with Crippen LogP contribution in [-0.2, 0) is 4.74 Å². The topological polar surface area (TPSA) is 60.2 Å². The average molecular weight is 285 g/mol. The van der Waals surface area contributed by atoms with E-state index in [1.807, 2.05) is 31.2 Å². The van der Waals surface area contributed by atoms with Gasteiger partial charge in [0.05, 0.1) is 23.0 Å². The molecule has 3 rings (SSSR count). The van der Waals surface area contributed by atoms with Gasteiger partial charge in [0.15, 0.2) is 0 Å². The first-order valence-corrected chi connectivity index (χ1v) is 7.55. The van der Waals surface area contributed by atoms with Gasteiger partial charge in [-0.1, -0.05) is 13.8 Å². The smallest absolute Gasteiger partial charge is 0.0724 e. The molecule has 1 fully saturated rings. The molecule has 2 unspecified atom stereocenters. The van der Waals surface area contributed by atoms with E-state index in [9.17, 15) is 0 Å². The predicted molar refractivity (Wildman–Crippen MR) is 87.4 cm³/mol. The predicted octanol–water partition coefficient (Wildman–Crippen LogP) is 3.43. The number of benzene rings is 1. The number of pyridine rings is 1. The largest absolute Gasteiger partial charge is 0.397 e. The first kappa shape index (κ1) is 14.1. The highest BCUT2D eigenvalue weighted by Crippen LogP contribution is 2.45. The number of hydrogen-bond donors (Lipinski definition) is 2. The van der Waals surface area contributed by atoms with Crippen molar-refractivity contribution in [1.29, 1.82) is 0 Å². The Morgan fingerprint density at radius 2 is 2.19 bits per heavy atom. The Bertz CT molecular complexity index is 654. The van der Waals surface area contributed by atoms with Crippen molar-refractivity contribution in [3.63, 3.8) is 0 Å². The van der Waals surface area contributed by atoms with Crippen molar-refractivity contribution in [2.24, 2.45) is 5.41 Å². The van der Waals surface area contributed by atoms with Crippen LogP contribution in [0.5, 0.6) is 0 Å². The van der Waals surface area contributed by atoms with Crippen molar-refractivity contribution in [2.45, 2.75) is 39.3 Å². The lowest BCUT2D eigenvalue weighted by atomic mass is 9.64. The van der Waals surface area contributed by atoms with Crippen LogP contribution < -0.4 is 11.1 Å². The maximum Gasteiger partial charge on any atom is 0.0724 e. The summed E-state index contributed by atoms with van der Waals surface area (Å²) in [6.07, 6.45) is 3.13. The van der Waals surface area contributed by atoms with Gasteiger partial charge in [0.2, 0.25) is 0 Å². The zero-order chi connectivity index (χ0) is 15.0. The monoisotopic (exact) mass is 285 g/mol. The number of nitrogens with one attached hydrogen (secondary N) is 1. The van der Waals surface area contributed by atoms with Crippen LogP contribution in [0.1, 0.15) is 27.2 Å². The Balaban J connectivity index is 1.82. The number of nitrogens with two attached hydrogens (primary N) is 1. The van der Waals surface area contributed by atoms with Crippen molar-refractivity contribution in [2.75, 3.05) is 17.7 Å². The summed E-state index contributed by atoms with van der Waals surface area (Å²) in [7, 11) is 0. The lowest BCUT2D eigenvalue weighted by Crippen LogP contribution is -2.58. The summed E-state index contributed by atoms with van der Waals surface area (Å²) in [4.78, 5) is 4.33. The van der Waals surface area contributed by atoms with Crippen LogP contribution in [0.4, 0.5) is 11.4 Å². The molecule has 3 N–H and O–H groups in total. The van der Waals surface area contributed by atoms with E-state index < -0.39 is 0 Å². The van der Waals surface area contributed by atoms with Crippen molar-refractivity contribution in [3.8, 4) is 0 Å². The minimum atomic E-state index is 0.117. The highest BCUT2D eigenvalue weighted by Gasteiger charge is 2.49. The van der Waals surface area contributed by atoms with E-state index in [0.717, 1.165) is 35.3 Å². The van der Waals surface area contributed by atoms with Gasteiger partial charge in [0, 0.05) is 29.6 Å². The summed E-state index contributed by atoms with van der Waals surface area (Å²) in [5, 5.41) is 4.59. The molecule has 21 heavy (non-hydrogen) atoms. The Morgan fingerprint density at radius 3 is 2.90 bits per heavy atom. The first-order chi connectivity index (χ1) is 10.0. The van der Waals surface area contributed by atoms with E-state index in [0.29, 0.717) is 12.1 Å². The number of aromatic nitrogens is 1. The van der Waals surface area contributed by atoms with Gasteiger partial charge in [-0.25, -0.2) is 0 Å². The summed E-state index contributed by atoms with van der Waals surface area (Å²) < 4.78 is 5.78. The van der Waals surface area contributed by atoms with Crippen LogP contribution in [0.2, 0.25) is 0 Å². The average Bonchev–Trinajstić information content (AvgIpc) is 2.48. The number of nitrogen functional groups attached to an aromatic ring is 1. The van der Waals surface area contributed by atoms with E-state index >= 15 is 0 Å². The summed E-state index contributed by atoms with van der Waals surface area (Å²) in [5.74, 6) is 0. The van der Waals surface area contributed by atoms with Crippen molar-refractivity contribution in [3.05, 3.63) is 30.5 Å². The molecule has 2 aromatic rings. The lowest BCUT2D eigenvalue weighted by Gasteiger charge is -2.52. The van der Waals surface area contributed by atoms with E-state index in [-0.39, 0.29) is 5.41 Å². The van der Waals surface area contributed by atoms with Crippen molar-refractivity contribution >= 4 is 22.3 Å². The van der Waals surface area contributed by atoms with Gasteiger partial charge in [-0.3, -0.25) is 4.98 Å². The molecule has 112 valence electrons. The molecule has 1 heterocycles. The summed E-state index contributed by atoms with van der Waals surface area (Å²) in [5.41, 5.74) is 9.11. The standard InChI is InChI=1S/C17H23N3O/c1-4-21-15-10-14(17(15,2)3)20-13-8-7-12-11(16(13)18)6-5-9-19-12/h5-9,14-15,20H,4,10,18H2,1-3H3. The van der Waals surface area contributed by atoms with Crippen LogP contribution in [0.3, 0.4) is 0 Å². The Hall–Kier alpha value is -1.81. The second kappa shape index (κ2) is 5.19. The van der Waals surface area contributed by atoms with Crippen LogP contribution in [-0.4, -0.2) is 23.7 Å². The van der Waals surface area contributed by atoms with Gasteiger partial charge < -0.3 is 15.8 Å². The molecule has 2 atom stereocenters. The molecule has 0 aliphatic heterocycles. The van der Waals surface area contributed by atoms with E-state index in [4.69, 9.17) is 10.5 Å².